The standard InChI is InChI=1S/C21H21N3O4S/c1-15-6-3-4-8-19(15)24-29(26,27)18-11-9-16(10-12-18)20(25)23-14-17-7-5-13-22-21(17)28-2/h3-13,24H,14H2,1-2H3,(H,23,25). The van der Waals surface area contributed by atoms with Gasteiger partial charge in [0.2, 0.25) is 5.88 Å². The maximum absolute atomic E-state index is 12.6. The number of hydrogen-bond donors (Lipinski definition) is 2. The monoisotopic (exact) mass is 411 g/mol. The molecule has 0 fully saturated rings. The highest BCUT2D eigenvalue weighted by Gasteiger charge is 2.16. The summed E-state index contributed by atoms with van der Waals surface area (Å²) in [6.45, 7) is 2.06. The number of ether oxygens (including phenoxy) is 1. The Morgan fingerprint density at radius 3 is 2.45 bits per heavy atom. The van der Waals surface area contributed by atoms with E-state index in [0.717, 1.165) is 11.1 Å². The van der Waals surface area contributed by atoms with Crippen molar-refractivity contribution in [1.82, 2.24) is 10.3 Å². The number of pyridine rings is 1. The summed E-state index contributed by atoms with van der Waals surface area (Å²) in [7, 11) is -2.24. The van der Waals surface area contributed by atoms with Gasteiger partial charge in [-0.1, -0.05) is 24.3 Å². The fraction of sp³-hybridized carbons (Fsp3) is 0.143. The van der Waals surface area contributed by atoms with Crippen LogP contribution in [0.5, 0.6) is 5.88 Å². The highest BCUT2D eigenvalue weighted by atomic mass is 32.2. The first-order chi connectivity index (χ1) is 13.9. The number of carbonyl (C=O) groups is 1. The molecule has 0 spiro atoms. The molecule has 3 aromatic rings. The fourth-order valence-corrected chi connectivity index (χ4v) is 3.83. The minimum atomic E-state index is -3.75. The van der Waals surface area contributed by atoms with E-state index in [2.05, 4.69) is 15.0 Å². The smallest absolute Gasteiger partial charge is 0.261 e. The molecular formula is C21H21N3O4S. The largest absolute Gasteiger partial charge is 0.481 e. The average Bonchev–Trinajstić information content (AvgIpc) is 2.74. The van der Waals surface area contributed by atoms with Crippen LogP contribution in [0.2, 0.25) is 0 Å². The van der Waals surface area contributed by atoms with E-state index in [1.807, 2.05) is 19.1 Å². The number of nitrogens with zero attached hydrogens (tertiary/aromatic N) is 1. The number of hydrogen-bond acceptors (Lipinski definition) is 5. The van der Waals surface area contributed by atoms with Crippen LogP contribution in [-0.4, -0.2) is 26.4 Å². The summed E-state index contributed by atoms with van der Waals surface area (Å²) in [6, 6.07) is 16.4. The number of sulfonamides is 1. The first-order valence-electron chi connectivity index (χ1n) is 8.85. The van der Waals surface area contributed by atoms with Gasteiger partial charge in [-0.2, -0.15) is 0 Å². The second-order valence-corrected chi connectivity index (χ2v) is 7.98. The van der Waals surface area contributed by atoms with Gasteiger partial charge in [0.15, 0.2) is 0 Å². The molecule has 150 valence electrons. The van der Waals surface area contributed by atoms with Crippen molar-refractivity contribution in [3.63, 3.8) is 0 Å². The molecule has 0 unspecified atom stereocenters. The van der Waals surface area contributed by atoms with Crippen molar-refractivity contribution < 1.29 is 17.9 Å². The summed E-state index contributed by atoms with van der Waals surface area (Å²) in [5.74, 6) is 0.114. The van der Waals surface area contributed by atoms with E-state index in [-0.39, 0.29) is 17.3 Å². The summed E-state index contributed by atoms with van der Waals surface area (Å²) in [5, 5.41) is 2.77. The van der Waals surface area contributed by atoms with Gasteiger partial charge in [-0.25, -0.2) is 13.4 Å². The van der Waals surface area contributed by atoms with Crippen LogP contribution in [0.15, 0.2) is 71.8 Å². The summed E-state index contributed by atoms with van der Waals surface area (Å²) in [6.07, 6.45) is 1.61. The normalized spacial score (nSPS) is 11.0. The van der Waals surface area contributed by atoms with Crippen LogP contribution >= 0.6 is 0 Å². The number of aryl methyl sites for hydroxylation is 1. The molecule has 7 nitrogen and oxygen atoms in total. The molecular weight excluding hydrogens is 390 g/mol. The molecule has 3 rings (SSSR count). The Bertz CT molecular complexity index is 1110. The summed E-state index contributed by atoms with van der Waals surface area (Å²) < 4.78 is 32.9. The molecule has 0 atom stereocenters. The van der Waals surface area contributed by atoms with E-state index in [9.17, 15) is 13.2 Å². The van der Waals surface area contributed by atoms with Gasteiger partial charge >= 0.3 is 0 Å². The van der Waals surface area contributed by atoms with Crippen LogP contribution in [0, 0.1) is 6.92 Å². The first-order valence-corrected chi connectivity index (χ1v) is 10.3. The van der Waals surface area contributed by atoms with Crippen LogP contribution in [-0.2, 0) is 16.6 Å². The molecule has 2 aromatic carbocycles. The number of carbonyl (C=O) groups excluding carboxylic acids is 1. The topological polar surface area (TPSA) is 97.4 Å². The maximum Gasteiger partial charge on any atom is 0.261 e. The van der Waals surface area contributed by atoms with E-state index in [4.69, 9.17) is 4.74 Å². The van der Waals surface area contributed by atoms with Crippen molar-refractivity contribution in [3.05, 3.63) is 83.6 Å². The second-order valence-electron chi connectivity index (χ2n) is 6.30. The zero-order chi connectivity index (χ0) is 20.9. The van der Waals surface area contributed by atoms with Crippen molar-refractivity contribution in [3.8, 4) is 5.88 Å². The van der Waals surface area contributed by atoms with Crippen molar-refractivity contribution in [2.75, 3.05) is 11.8 Å². The predicted octanol–water partition coefficient (Wildman–Crippen LogP) is 3.13. The number of nitrogens with one attached hydrogen (secondary N) is 2. The van der Waals surface area contributed by atoms with Crippen molar-refractivity contribution >= 4 is 21.6 Å². The van der Waals surface area contributed by atoms with E-state index in [1.165, 1.54) is 31.4 Å². The lowest BCUT2D eigenvalue weighted by Crippen LogP contribution is -2.23. The third-order valence-electron chi connectivity index (χ3n) is 4.30. The van der Waals surface area contributed by atoms with Gasteiger partial charge in [0, 0.05) is 23.9 Å². The lowest BCUT2D eigenvalue weighted by atomic mass is 10.2. The Hall–Kier alpha value is -3.39. The molecule has 0 aliphatic carbocycles. The van der Waals surface area contributed by atoms with Gasteiger partial charge in [0.25, 0.3) is 15.9 Å². The van der Waals surface area contributed by atoms with Crippen molar-refractivity contribution in [2.24, 2.45) is 0 Å². The van der Waals surface area contributed by atoms with Crippen molar-refractivity contribution in [1.29, 1.82) is 0 Å². The van der Waals surface area contributed by atoms with E-state index in [1.54, 1.807) is 30.5 Å². The molecule has 8 heteroatoms. The quantitative estimate of drug-likeness (QED) is 0.623. The molecule has 29 heavy (non-hydrogen) atoms. The number of rotatable bonds is 7. The Morgan fingerprint density at radius 1 is 1.03 bits per heavy atom. The summed E-state index contributed by atoms with van der Waals surface area (Å²) in [4.78, 5) is 16.5. The van der Waals surface area contributed by atoms with Crippen molar-refractivity contribution in [2.45, 2.75) is 18.4 Å². The molecule has 1 heterocycles. The molecule has 0 saturated carbocycles. The van der Waals surface area contributed by atoms with Crippen LogP contribution in [0.3, 0.4) is 0 Å². The Balaban J connectivity index is 1.69. The minimum Gasteiger partial charge on any atom is -0.481 e. The number of amides is 1. The third kappa shape index (κ3) is 4.91. The van der Waals surface area contributed by atoms with Gasteiger partial charge in [-0.15, -0.1) is 0 Å². The summed E-state index contributed by atoms with van der Waals surface area (Å²) in [5.41, 5.74) is 2.42. The predicted molar refractivity (Wildman–Crippen MR) is 110 cm³/mol. The van der Waals surface area contributed by atoms with Gasteiger partial charge in [0.1, 0.15) is 0 Å². The zero-order valence-electron chi connectivity index (χ0n) is 16.0. The molecule has 1 aromatic heterocycles. The Morgan fingerprint density at radius 2 is 1.76 bits per heavy atom. The molecule has 1 amide bonds. The van der Waals surface area contributed by atoms with E-state index < -0.39 is 10.0 Å². The van der Waals surface area contributed by atoms with Crippen LogP contribution in [0.25, 0.3) is 0 Å². The average molecular weight is 411 g/mol. The maximum atomic E-state index is 12.6. The molecule has 0 aliphatic heterocycles. The Kier molecular flexibility index (Phi) is 6.13. The van der Waals surface area contributed by atoms with Gasteiger partial charge < -0.3 is 10.1 Å². The second kappa shape index (κ2) is 8.74. The number of aromatic nitrogens is 1. The van der Waals surface area contributed by atoms with Crippen LogP contribution < -0.4 is 14.8 Å². The molecule has 2 N–H and O–H groups in total. The highest BCUT2D eigenvalue weighted by molar-refractivity contribution is 7.92. The number of methoxy groups -OCH3 is 1. The minimum absolute atomic E-state index is 0.0752. The lowest BCUT2D eigenvalue weighted by molar-refractivity contribution is 0.0950. The van der Waals surface area contributed by atoms with Crippen LogP contribution in [0.1, 0.15) is 21.5 Å². The zero-order valence-corrected chi connectivity index (χ0v) is 16.9. The highest BCUT2D eigenvalue weighted by Crippen LogP contribution is 2.20. The molecule has 0 aliphatic rings. The lowest BCUT2D eigenvalue weighted by Gasteiger charge is -2.11. The molecule has 0 bridgehead atoms. The van der Waals surface area contributed by atoms with Gasteiger partial charge in [-0.05, 0) is 48.9 Å². The number of anilines is 1. The third-order valence-corrected chi connectivity index (χ3v) is 5.68. The Labute approximate surface area is 169 Å². The first kappa shape index (κ1) is 20.3. The summed E-state index contributed by atoms with van der Waals surface area (Å²) >= 11 is 0. The molecule has 0 saturated heterocycles. The number of benzene rings is 2. The van der Waals surface area contributed by atoms with Crippen LogP contribution in [0.4, 0.5) is 5.69 Å². The van der Waals surface area contributed by atoms with E-state index >= 15 is 0 Å². The molecule has 0 radical (unpaired) electrons. The SMILES string of the molecule is COc1ncccc1CNC(=O)c1ccc(S(=O)(=O)Nc2ccccc2C)cc1. The van der Waals surface area contributed by atoms with Gasteiger partial charge in [-0.3, -0.25) is 9.52 Å². The van der Waals surface area contributed by atoms with Gasteiger partial charge in [0.05, 0.1) is 17.7 Å². The number of para-hydroxylation sites is 1. The fourth-order valence-electron chi connectivity index (χ4n) is 2.70. The van der Waals surface area contributed by atoms with E-state index in [0.29, 0.717) is 17.1 Å².